The Balaban J connectivity index is 2.09. The van der Waals surface area contributed by atoms with Gasteiger partial charge < -0.3 is 20.3 Å². The zero-order valence-corrected chi connectivity index (χ0v) is 15.2. The molecule has 1 heterocycles. The number of anilines is 1. The van der Waals surface area contributed by atoms with E-state index in [2.05, 4.69) is 39.8 Å². The first-order chi connectivity index (χ1) is 12.0. The molecule has 0 saturated carbocycles. The Morgan fingerprint density at radius 1 is 1.12 bits per heavy atom. The summed E-state index contributed by atoms with van der Waals surface area (Å²) < 4.78 is 5.43. The molecule has 1 aliphatic rings. The van der Waals surface area contributed by atoms with Crippen LogP contribution in [0.1, 0.15) is 18.5 Å². The van der Waals surface area contributed by atoms with E-state index in [4.69, 9.17) is 4.74 Å². The number of benzene rings is 1. The number of morpholine rings is 1. The molecule has 1 atom stereocenters. The molecule has 0 unspecified atom stereocenters. The van der Waals surface area contributed by atoms with Gasteiger partial charge in [0.05, 0.1) is 19.3 Å². The fraction of sp³-hybridized carbons (Fsp3) is 0.556. The van der Waals surface area contributed by atoms with Crippen molar-refractivity contribution in [1.82, 2.24) is 15.5 Å². The highest BCUT2D eigenvalue weighted by Crippen LogP contribution is 2.23. The molecule has 7 heteroatoms. The molecule has 7 nitrogen and oxygen atoms in total. The maximum atomic E-state index is 11.9. The summed E-state index contributed by atoms with van der Waals surface area (Å²) in [5.41, 5.74) is 2.24. The number of hydrogen-bond acceptors (Lipinski definition) is 5. The van der Waals surface area contributed by atoms with Crippen LogP contribution >= 0.6 is 0 Å². The number of ether oxygens (including phenoxy) is 1. The number of hydrogen-bond donors (Lipinski definition) is 2. The van der Waals surface area contributed by atoms with Gasteiger partial charge in [0.1, 0.15) is 0 Å². The lowest BCUT2D eigenvalue weighted by molar-refractivity contribution is -0.139. The van der Waals surface area contributed by atoms with E-state index >= 15 is 0 Å². The van der Waals surface area contributed by atoms with Crippen LogP contribution in [0.3, 0.4) is 0 Å². The van der Waals surface area contributed by atoms with Crippen molar-refractivity contribution in [2.24, 2.45) is 0 Å². The molecule has 0 spiro atoms. The van der Waals surface area contributed by atoms with Gasteiger partial charge in [-0.3, -0.25) is 14.5 Å². The number of carbonyl (C=O) groups excluding carboxylic acids is 2. The van der Waals surface area contributed by atoms with Crippen LogP contribution in [0.15, 0.2) is 24.3 Å². The summed E-state index contributed by atoms with van der Waals surface area (Å²) in [6, 6.07) is 8.29. The van der Waals surface area contributed by atoms with Crippen molar-refractivity contribution < 1.29 is 14.3 Å². The monoisotopic (exact) mass is 348 g/mol. The highest BCUT2D eigenvalue weighted by atomic mass is 16.5. The molecule has 0 aliphatic carbocycles. The van der Waals surface area contributed by atoms with Crippen molar-refractivity contribution in [2.75, 3.05) is 58.4 Å². The molecule has 2 amide bonds. The maximum Gasteiger partial charge on any atom is 0.309 e. The molecule has 25 heavy (non-hydrogen) atoms. The number of amides is 2. The average Bonchev–Trinajstić information content (AvgIpc) is 2.63. The molecular formula is C18H28N4O3. The van der Waals surface area contributed by atoms with Gasteiger partial charge in [0.25, 0.3) is 0 Å². The van der Waals surface area contributed by atoms with Gasteiger partial charge >= 0.3 is 11.8 Å². The Bertz CT molecular complexity index is 568. The topological polar surface area (TPSA) is 73.9 Å². The van der Waals surface area contributed by atoms with Gasteiger partial charge in [0, 0.05) is 46.0 Å². The Labute approximate surface area is 149 Å². The fourth-order valence-electron chi connectivity index (χ4n) is 2.85. The Kier molecular flexibility index (Phi) is 7.21. The quantitative estimate of drug-likeness (QED) is 0.727. The van der Waals surface area contributed by atoms with Gasteiger partial charge in [-0.05, 0) is 24.6 Å². The summed E-state index contributed by atoms with van der Waals surface area (Å²) in [4.78, 5) is 27.9. The number of nitrogens with one attached hydrogen (secondary N) is 2. The number of nitrogens with zero attached hydrogens (tertiary/aromatic N) is 2. The minimum absolute atomic E-state index is 0.0125. The molecule has 138 valence electrons. The third-order valence-electron chi connectivity index (χ3n) is 4.28. The van der Waals surface area contributed by atoms with Crippen molar-refractivity contribution in [3.63, 3.8) is 0 Å². The third kappa shape index (κ3) is 5.44. The minimum atomic E-state index is -0.593. The fourth-order valence-corrected chi connectivity index (χ4v) is 2.85. The standard InChI is InChI=1S/C18H28N4O3/c1-4-19-17(23)18(24)20-13-16(22-9-11-25-12-10-22)14-5-7-15(8-6-14)21(2)3/h5-8,16H,4,9-13H2,1-3H3,(H,19,23)(H,20,24)/t16-/m0/s1. The zero-order chi connectivity index (χ0) is 18.2. The van der Waals surface area contributed by atoms with Crippen LogP contribution in [0.2, 0.25) is 0 Å². The first-order valence-corrected chi connectivity index (χ1v) is 8.68. The van der Waals surface area contributed by atoms with Gasteiger partial charge in [-0.2, -0.15) is 0 Å². The molecule has 0 aromatic heterocycles. The molecule has 1 aromatic carbocycles. The smallest absolute Gasteiger partial charge is 0.309 e. The highest BCUT2D eigenvalue weighted by molar-refractivity contribution is 6.35. The number of likely N-dealkylation sites (N-methyl/N-ethyl adjacent to an activating group) is 1. The number of rotatable bonds is 6. The average molecular weight is 348 g/mol. The zero-order valence-electron chi connectivity index (χ0n) is 15.2. The van der Waals surface area contributed by atoms with E-state index in [1.165, 1.54) is 0 Å². The van der Waals surface area contributed by atoms with Crippen LogP contribution in [0.25, 0.3) is 0 Å². The summed E-state index contributed by atoms with van der Waals surface area (Å²) in [6.45, 7) is 5.57. The van der Waals surface area contributed by atoms with Gasteiger partial charge in [-0.25, -0.2) is 0 Å². The molecular weight excluding hydrogens is 320 g/mol. The van der Waals surface area contributed by atoms with Crippen LogP contribution in [0.4, 0.5) is 5.69 Å². The minimum Gasteiger partial charge on any atom is -0.379 e. The third-order valence-corrected chi connectivity index (χ3v) is 4.28. The normalized spacial score (nSPS) is 16.1. The second kappa shape index (κ2) is 9.39. The predicted molar refractivity (Wildman–Crippen MR) is 97.6 cm³/mol. The molecule has 1 fully saturated rings. The second-order valence-corrected chi connectivity index (χ2v) is 6.22. The molecule has 1 saturated heterocycles. The maximum absolute atomic E-state index is 11.9. The van der Waals surface area contributed by atoms with Gasteiger partial charge in [-0.15, -0.1) is 0 Å². The first-order valence-electron chi connectivity index (χ1n) is 8.68. The highest BCUT2D eigenvalue weighted by Gasteiger charge is 2.24. The lowest BCUT2D eigenvalue weighted by Crippen LogP contribution is -2.46. The van der Waals surface area contributed by atoms with Crippen molar-refractivity contribution in [3.05, 3.63) is 29.8 Å². The van der Waals surface area contributed by atoms with Crippen LogP contribution in [0.5, 0.6) is 0 Å². The summed E-state index contributed by atoms with van der Waals surface area (Å²) in [7, 11) is 4.00. The largest absolute Gasteiger partial charge is 0.379 e. The van der Waals surface area contributed by atoms with Gasteiger partial charge in [0.2, 0.25) is 0 Å². The summed E-state index contributed by atoms with van der Waals surface area (Å²) >= 11 is 0. The summed E-state index contributed by atoms with van der Waals surface area (Å²) in [6.07, 6.45) is 0. The van der Waals surface area contributed by atoms with E-state index in [1.807, 2.05) is 19.0 Å². The van der Waals surface area contributed by atoms with Gasteiger partial charge in [-0.1, -0.05) is 12.1 Å². The first kappa shape index (κ1) is 19.2. The van der Waals surface area contributed by atoms with Crippen LogP contribution < -0.4 is 15.5 Å². The van der Waals surface area contributed by atoms with E-state index in [1.54, 1.807) is 6.92 Å². The van der Waals surface area contributed by atoms with E-state index in [0.29, 0.717) is 26.3 Å². The lowest BCUT2D eigenvalue weighted by atomic mass is 10.0. The van der Waals surface area contributed by atoms with Crippen molar-refractivity contribution in [3.8, 4) is 0 Å². The molecule has 2 rings (SSSR count). The Morgan fingerprint density at radius 3 is 2.28 bits per heavy atom. The molecule has 0 bridgehead atoms. The van der Waals surface area contributed by atoms with Crippen molar-refractivity contribution in [2.45, 2.75) is 13.0 Å². The Morgan fingerprint density at radius 2 is 1.72 bits per heavy atom. The van der Waals surface area contributed by atoms with Crippen LogP contribution in [-0.2, 0) is 14.3 Å². The molecule has 0 radical (unpaired) electrons. The van der Waals surface area contributed by atoms with Crippen LogP contribution in [0, 0.1) is 0 Å². The summed E-state index contributed by atoms with van der Waals surface area (Å²) in [5.74, 6) is -1.18. The van der Waals surface area contributed by atoms with Crippen molar-refractivity contribution in [1.29, 1.82) is 0 Å². The molecule has 2 N–H and O–H groups in total. The molecule has 1 aromatic rings. The van der Waals surface area contributed by atoms with E-state index < -0.39 is 11.8 Å². The Hall–Kier alpha value is -2.12. The van der Waals surface area contributed by atoms with Gasteiger partial charge in [0.15, 0.2) is 0 Å². The summed E-state index contributed by atoms with van der Waals surface area (Å²) in [5, 5.41) is 5.27. The lowest BCUT2D eigenvalue weighted by Gasteiger charge is -2.35. The second-order valence-electron chi connectivity index (χ2n) is 6.22. The SMILES string of the molecule is CCNC(=O)C(=O)NC[C@@H](c1ccc(N(C)C)cc1)N1CCOCC1. The number of carbonyl (C=O) groups is 2. The van der Waals surface area contributed by atoms with E-state index in [9.17, 15) is 9.59 Å². The predicted octanol–water partition coefficient (Wildman–Crippen LogP) is 0.378. The van der Waals surface area contributed by atoms with E-state index in [0.717, 1.165) is 24.3 Å². The van der Waals surface area contributed by atoms with E-state index in [-0.39, 0.29) is 6.04 Å². The van der Waals surface area contributed by atoms with Crippen molar-refractivity contribution >= 4 is 17.5 Å². The molecule has 1 aliphatic heterocycles. The van der Waals surface area contributed by atoms with Crippen LogP contribution in [-0.4, -0.2) is 70.2 Å².